The number of anilines is 1. The van der Waals surface area contributed by atoms with Gasteiger partial charge in [0.25, 0.3) is 0 Å². The molecule has 0 spiro atoms. The number of nitrogens with zero attached hydrogens (tertiary/aromatic N) is 5. The number of aryl methyl sites for hydroxylation is 1. The molecule has 0 unspecified atom stereocenters. The molecule has 2 aromatic rings. The number of nitrogens with one attached hydrogen (secondary N) is 1. The van der Waals surface area contributed by atoms with Crippen LogP contribution in [0, 0.1) is 0 Å². The first-order chi connectivity index (χ1) is 10.1. The quantitative estimate of drug-likeness (QED) is 0.418. The van der Waals surface area contributed by atoms with Crippen LogP contribution in [-0.2, 0) is 13.6 Å². The van der Waals surface area contributed by atoms with Crippen LogP contribution >= 0.6 is 24.0 Å². The number of halogens is 1. The van der Waals surface area contributed by atoms with Crippen LogP contribution < -0.4 is 20.5 Å². The number of hydrogen-bond acceptors (Lipinski definition) is 6. The fourth-order valence-electron chi connectivity index (χ4n) is 1.63. The van der Waals surface area contributed by atoms with Crippen LogP contribution in [0.25, 0.3) is 0 Å². The molecule has 0 amide bonds. The molecule has 120 valence electrons. The van der Waals surface area contributed by atoms with Gasteiger partial charge in [0.05, 0.1) is 27.0 Å². The second-order valence-corrected chi connectivity index (χ2v) is 4.09. The van der Waals surface area contributed by atoms with E-state index in [9.17, 15) is 0 Å². The summed E-state index contributed by atoms with van der Waals surface area (Å²) in [4.78, 5) is 5.50. The number of nitrogens with two attached hydrogens (primary N) is 1. The molecule has 22 heavy (non-hydrogen) atoms. The molecule has 9 nitrogen and oxygen atoms in total. The van der Waals surface area contributed by atoms with Gasteiger partial charge in [0.1, 0.15) is 18.0 Å². The Kier molecular flexibility index (Phi) is 6.82. The number of aliphatic imine (C=N–C) groups is 1. The molecule has 1 heterocycles. The molecular weight excluding hydrogens is 401 g/mol. The average Bonchev–Trinajstić information content (AvgIpc) is 2.90. The monoisotopic (exact) mass is 419 g/mol. The zero-order valence-corrected chi connectivity index (χ0v) is 14.8. The van der Waals surface area contributed by atoms with Crippen molar-refractivity contribution >= 4 is 35.6 Å². The van der Waals surface area contributed by atoms with E-state index < -0.39 is 0 Å². The van der Waals surface area contributed by atoms with Gasteiger partial charge in [0.15, 0.2) is 11.8 Å². The number of guanidine groups is 1. The Morgan fingerprint density at radius 1 is 1.36 bits per heavy atom. The first-order valence-corrected chi connectivity index (χ1v) is 6.14. The lowest BCUT2D eigenvalue weighted by Gasteiger charge is -2.11. The highest BCUT2D eigenvalue weighted by atomic mass is 127. The summed E-state index contributed by atoms with van der Waals surface area (Å²) in [6.07, 6.45) is 0. The molecule has 1 aromatic carbocycles. The van der Waals surface area contributed by atoms with Crippen molar-refractivity contribution in [1.29, 1.82) is 0 Å². The van der Waals surface area contributed by atoms with Crippen molar-refractivity contribution in [2.75, 3.05) is 19.5 Å². The Balaban J connectivity index is 0.00000242. The van der Waals surface area contributed by atoms with Crippen LogP contribution in [0.1, 0.15) is 5.82 Å². The number of tetrazole rings is 1. The van der Waals surface area contributed by atoms with Crippen LogP contribution in [0.15, 0.2) is 23.2 Å². The van der Waals surface area contributed by atoms with E-state index in [1.165, 1.54) is 4.80 Å². The largest absolute Gasteiger partial charge is 0.497 e. The third-order valence-electron chi connectivity index (χ3n) is 2.61. The molecule has 3 N–H and O–H groups in total. The van der Waals surface area contributed by atoms with Crippen LogP contribution in [0.3, 0.4) is 0 Å². The van der Waals surface area contributed by atoms with Gasteiger partial charge in [0, 0.05) is 6.07 Å². The standard InChI is InChI=1S/C12H17N7O2.HI/c1-19-17-11(16-18-19)7-14-12(13)15-9-6-8(20-2)4-5-10(9)21-3;/h4-6H,7H2,1-3H3,(H3,13,14,15);1H. The molecule has 10 heteroatoms. The highest BCUT2D eigenvalue weighted by Crippen LogP contribution is 2.28. The minimum Gasteiger partial charge on any atom is -0.497 e. The highest BCUT2D eigenvalue weighted by molar-refractivity contribution is 14.0. The SMILES string of the molecule is COc1ccc(OC)c(NC(N)=NCc2nnn(C)n2)c1.I. The van der Waals surface area contributed by atoms with Crippen LogP contribution in [0.2, 0.25) is 0 Å². The van der Waals surface area contributed by atoms with E-state index in [0.29, 0.717) is 23.0 Å². The summed E-state index contributed by atoms with van der Waals surface area (Å²) >= 11 is 0. The Hall–Kier alpha value is -2.11. The number of hydrogen-bond donors (Lipinski definition) is 2. The molecule has 0 aliphatic carbocycles. The summed E-state index contributed by atoms with van der Waals surface area (Å²) in [6.45, 7) is 0.235. The van der Waals surface area contributed by atoms with Gasteiger partial charge in [-0.05, 0) is 17.3 Å². The number of methoxy groups -OCH3 is 2. The Morgan fingerprint density at radius 2 is 2.14 bits per heavy atom. The van der Waals surface area contributed by atoms with E-state index >= 15 is 0 Å². The molecule has 0 saturated carbocycles. The van der Waals surface area contributed by atoms with Crippen molar-refractivity contribution in [2.45, 2.75) is 6.54 Å². The van der Waals surface area contributed by atoms with Crippen molar-refractivity contribution in [3.63, 3.8) is 0 Å². The van der Waals surface area contributed by atoms with Crippen LogP contribution in [0.4, 0.5) is 5.69 Å². The van der Waals surface area contributed by atoms with E-state index in [-0.39, 0.29) is 36.5 Å². The number of aromatic nitrogens is 4. The molecule has 0 aliphatic rings. The molecule has 0 saturated heterocycles. The molecule has 0 bridgehead atoms. The first kappa shape index (κ1) is 17.9. The molecule has 2 rings (SSSR count). The minimum absolute atomic E-state index is 0. The normalized spacial score (nSPS) is 10.8. The maximum atomic E-state index is 5.84. The summed E-state index contributed by atoms with van der Waals surface area (Å²) in [7, 11) is 4.84. The van der Waals surface area contributed by atoms with Crippen LogP contribution in [0.5, 0.6) is 11.5 Å². The summed E-state index contributed by atoms with van der Waals surface area (Å²) in [5, 5.41) is 14.5. The second-order valence-electron chi connectivity index (χ2n) is 4.09. The third-order valence-corrected chi connectivity index (χ3v) is 2.61. The van der Waals surface area contributed by atoms with Crippen molar-refractivity contribution in [3.05, 3.63) is 24.0 Å². The Morgan fingerprint density at radius 3 is 2.73 bits per heavy atom. The average molecular weight is 419 g/mol. The summed E-state index contributed by atoms with van der Waals surface area (Å²) in [5.41, 5.74) is 6.49. The Labute approximate surface area is 144 Å². The highest BCUT2D eigenvalue weighted by Gasteiger charge is 2.06. The van der Waals surface area contributed by atoms with Crippen molar-refractivity contribution < 1.29 is 9.47 Å². The van der Waals surface area contributed by atoms with Crippen molar-refractivity contribution in [1.82, 2.24) is 20.2 Å². The predicted molar refractivity (Wildman–Crippen MR) is 92.7 cm³/mol. The van der Waals surface area contributed by atoms with Gasteiger partial charge in [-0.25, -0.2) is 4.99 Å². The lowest BCUT2D eigenvalue weighted by Crippen LogP contribution is -2.23. The predicted octanol–water partition coefficient (Wildman–Crippen LogP) is 0.772. The van der Waals surface area contributed by atoms with Gasteiger partial charge < -0.3 is 20.5 Å². The lowest BCUT2D eigenvalue weighted by atomic mass is 10.2. The number of rotatable bonds is 5. The smallest absolute Gasteiger partial charge is 0.196 e. The minimum atomic E-state index is 0. The molecule has 0 atom stereocenters. The summed E-state index contributed by atoms with van der Waals surface area (Å²) in [5.74, 6) is 2.02. The maximum Gasteiger partial charge on any atom is 0.196 e. The maximum absolute atomic E-state index is 5.84. The van der Waals surface area contributed by atoms with Gasteiger partial charge in [-0.15, -0.1) is 34.2 Å². The van der Waals surface area contributed by atoms with Crippen molar-refractivity contribution in [2.24, 2.45) is 17.8 Å². The number of benzene rings is 1. The van der Waals surface area contributed by atoms with Crippen molar-refractivity contribution in [3.8, 4) is 11.5 Å². The van der Waals surface area contributed by atoms with Gasteiger partial charge >= 0.3 is 0 Å². The molecule has 0 radical (unpaired) electrons. The summed E-state index contributed by atoms with van der Waals surface area (Å²) in [6, 6.07) is 5.33. The number of ether oxygens (including phenoxy) is 2. The van der Waals surface area contributed by atoms with E-state index in [2.05, 4.69) is 25.7 Å². The molecule has 0 fully saturated rings. The zero-order chi connectivity index (χ0) is 15.2. The second kappa shape index (κ2) is 8.36. The van der Waals surface area contributed by atoms with Gasteiger partial charge in [0.2, 0.25) is 0 Å². The Bertz CT molecular complexity index is 644. The molecule has 1 aromatic heterocycles. The zero-order valence-electron chi connectivity index (χ0n) is 12.5. The van der Waals surface area contributed by atoms with Gasteiger partial charge in [-0.2, -0.15) is 4.80 Å². The van der Waals surface area contributed by atoms with Crippen LogP contribution in [-0.4, -0.2) is 40.4 Å². The van der Waals surface area contributed by atoms with E-state index in [1.54, 1.807) is 39.5 Å². The third kappa shape index (κ3) is 4.72. The fraction of sp³-hybridized carbons (Fsp3) is 0.333. The van der Waals surface area contributed by atoms with E-state index in [0.717, 1.165) is 0 Å². The topological polar surface area (TPSA) is 112 Å². The van der Waals surface area contributed by atoms with E-state index in [1.807, 2.05) is 0 Å². The molecule has 0 aliphatic heterocycles. The van der Waals surface area contributed by atoms with E-state index in [4.69, 9.17) is 15.2 Å². The van der Waals surface area contributed by atoms with Gasteiger partial charge in [-0.1, -0.05) is 0 Å². The fourth-order valence-corrected chi connectivity index (χ4v) is 1.63. The first-order valence-electron chi connectivity index (χ1n) is 6.14. The van der Waals surface area contributed by atoms with Gasteiger partial charge in [-0.3, -0.25) is 0 Å². The summed E-state index contributed by atoms with van der Waals surface area (Å²) < 4.78 is 10.4. The lowest BCUT2D eigenvalue weighted by molar-refractivity contribution is 0.405. The molecular formula is C12H18IN7O2.